The summed E-state index contributed by atoms with van der Waals surface area (Å²) in [7, 11) is 0. The van der Waals surface area contributed by atoms with Gasteiger partial charge < -0.3 is 15.8 Å². The minimum atomic E-state index is -0.572. The quantitative estimate of drug-likeness (QED) is 0.444. The van der Waals surface area contributed by atoms with E-state index in [1.807, 2.05) is 26.8 Å². The summed E-state index contributed by atoms with van der Waals surface area (Å²) in [5, 5.41) is 3.06. The van der Waals surface area contributed by atoms with Gasteiger partial charge in [0, 0.05) is 11.3 Å². The number of ether oxygens (including phenoxy) is 1. The third-order valence-corrected chi connectivity index (χ3v) is 4.38. The summed E-state index contributed by atoms with van der Waals surface area (Å²) >= 11 is 6.07. The number of carbonyl (C=O) groups excluding carboxylic acids is 2. The standard InChI is InChI=1S/C23H22ClN3O3/c1-23(2,3)30-22(29)15-6-4-5-14(11-15)20-10-8-17(13-26-20)27-21(28)18-12-16(25)7-9-19(18)24/h4-13H,25H2,1-3H3,(H,27,28). The lowest BCUT2D eigenvalue weighted by Gasteiger charge is -2.19. The lowest BCUT2D eigenvalue weighted by molar-refractivity contribution is 0.00695. The summed E-state index contributed by atoms with van der Waals surface area (Å²) in [5.41, 5.74) is 8.24. The van der Waals surface area contributed by atoms with Gasteiger partial charge in [-0.15, -0.1) is 0 Å². The Bertz CT molecular complexity index is 1090. The molecule has 0 spiro atoms. The zero-order valence-corrected chi connectivity index (χ0v) is 17.7. The zero-order chi connectivity index (χ0) is 21.9. The number of rotatable bonds is 4. The number of nitrogens with one attached hydrogen (secondary N) is 1. The number of halogens is 1. The van der Waals surface area contributed by atoms with Crippen LogP contribution in [-0.4, -0.2) is 22.5 Å². The smallest absolute Gasteiger partial charge is 0.338 e. The Morgan fingerprint density at radius 1 is 1.07 bits per heavy atom. The van der Waals surface area contributed by atoms with E-state index in [1.165, 1.54) is 12.3 Å². The van der Waals surface area contributed by atoms with Gasteiger partial charge in [0.05, 0.1) is 33.7 Å². The van der Waals surface area contributed by atoms with E-state index in [-0.39, 0.29) is 11.5 Å². The lowest BCUT2D eigenvalue weighted by Crippen LogP contribution is -2.23. The van der Waals surface area contributed by atoms with Gasteiger partial charge in [-0.05, 0) is 63.2 Å². The third kappa shape index (κ3) is 5.36. The maximum Gasteiger partial charge on any atom is 0.338 e. The Morgan fingerprint density at radius 3 is 2.50 bits per heavy atom. The van der Waals surface area contributed by atoms with Crippen molar-refractivity contribution in [3.63, 3.8) is 0 Å². The maximum absolute atomic E-state index is 12.4. The first-order valence-corrected chi connectivity index (χ1v) is 9.66. The van der Waals surface area contributed by atoms with Crippen LogP contribution >= 0.6 is 11.6 Å². The summed E-state index contributed by atoms with van der Waals surface area (Å²) in [6.07, 6.45) is 1.54. The summed E-state index contributed by atoms with van der Waals surface area (Å²) in [6, 6.07) is 15.2. The average Bonchev–Trinajstić information content (AvgIpc) is 2.69. The van der Waals surface area contributed by atoms with Crippen LogP contribution in [0.2, 0.25) is 5.02 Å². The SMILES string of the molecule is CC(C)(C)OC(=O)c1cccc(-c2ccc(NC(=O)c3cc(N)ccc3Cl)cn2)c1. The van der Waals surface area contributed by atoms with E-state index in [0.717, 1.165) is 5.56 Å². The summed E-state index contributed by atoms with van der Waals surface area (Å²) in [6.45, 7) is 5.46. The van der Waals surface area contributed by atoms with Crippen molar-refractivity contribution in [1.29, 1.82) is 0 Å². The molecule has 0 saturated carbocycles. The second kappa shape index (κ2) is 8.55. The number of hydrogen-bond donors (Lipinski definition) is 2. The molecule has 7 heteroatoms. The monoisotopic (exact) mass is 423 g/mol. The van der Waals surface area contributed by atoms with Gasteiger partial charge in [-0.1, -0.05) is 23.7 Å². The molecule has 0 atom stereocenters. The predicted octanol–water partition coefficient (Wildman–Crippen LogP) is 5.19. The number of esters is 1. The Labute approximate surface area is 180 Å². The van der Waals surface area contributed by atoms with Gasteiger partial charge in [0.2, 0.25) is 0 Å². The number of nitrogens with zero attached hydrogens (tertiary/aromatic N) is 1. The van der Waals surface area contributed by atoms with Crippen molar-refractivity contribution in [1.82, 2.24) is 4.98 Å². The van der Waals surface area contributed by atoms with Crippen LogP contribution in [0.5, 0.6) is 0 Å². The van der Waals surface area contributed by atoms with Crippen LogP contribution in [0.4, 0.5) is 11.4 Å². The molecule has 0 saturated heterocycles. The second-order valence-corrected chi connectivity index (χ2v) is 8.12. The number of hydrogen-bond acceptors (Lipinski definition) is 5. The van der Waals surface area contributed by atoms with Crippen molar-refractivity contribution in [3.8, 4) is 11.3 Å². The van der Waals surface area contributed by atoms with Crippen molar-refractivity contribution >= 4 is 34.9 Å². The Morgan fingerprint density at radius 2 is 1.83 bits per heavy atom. The number of aromatic nitrogens is 1. The van der Waals surface area contributed by atoms with Gasteiger partial charge in [0.15, 0.2) is 0 Å². The van der Waals surface area contributed by atoms with Crippen LogP contribution < -0.4 is 11.1 Å². The number of carbonyl (C=O) groups is 2. The van der Waals surface area contributed by atoms with Crippen molar-refractivity contribution in [3.05, 3.63) is 76.9 Å². The maximum atomic E-state index is 12.4. The first kappa shape index (κ1) is 21.3. The number of amides is 1. The highest BCUT2D eigenvalue weighted by atomic mass is 35.5. The molecule has 0 bridgehead atoms. The number of nitrogens with two attached hydrogens (primary N) is 1. The van der Waals surface area contributed by atoms with E-state index in [2.05, 4.69) is 10.3 Å². The molecule has 0 aliphatic rings. The molecule has 1 aromatic heterocycles. The lowest BCUT2D eigenvalue weighted by atomic mass is 10.1. The first-order valence-electron chi connectivity index (χ1n) is 9.28. The fourth-order valence-corrected chi connectivity index (χ4v) is 2.90. The Balaban J connectivity index is 1.76. The number of pyridine rings is 1. The van der Waals surface area contributed by atoms with Crippen LogP contribution in [0.25, 0.3) is 11.3 Å². The van der Waals surface area contributed by atoms with Gasteiger partial charge in [-0.3, -0.25) is 9.78 Å². The number of nitrogen functional groups attached to an aromatic ring is 1. The highest BCUT2D eigenvalue weighted by molar-refractivity contribution is 6.34. The third-order valence-electron chi connectivity index (χ3n) is 4.05. The fraction of sp³-hybridized carbons (Fsp3) is 0.174. The molecule has 6 nitrogen and oxygen atoms in total. The van der Waals surface area contributed by atoms with Crippen LogP contribution in [0.15, 0.2) is 60.8 Å². The van der Waals surface area contributed by atoms with Crippen molar-refractivity contribution in [2.45, 2.75) is 26.4 Å². The Hall–Kier alpha value is -3.38. The van der Waals surface area contributed by atoms with Crippen molar-refractivity contribution in [2.75, 3.05) is 11.1 Å². The molecule has 154 valence electrons. The number of benzene rings is 2. The van der Waals surface area contributed by atoms with E-state index in [1.54, 1.807) is 42.5 Å². The highest BCUT2D eigenvalue weighted by Gasteiger charge is 2.18. The van der Waals surface area contributed by atoms with Crippen molar-refractivity contribution < 1.29 is 14.3 Å². The molecule has 3 rings (SSSR count). The van der Waals surface area contributed by atoms with E-state index < -0.39 is 11.6 Å². The normalized spacial score (nSPS) is 11.1. The van der Waals surface area contributed by atoms with E-state index >= 15 is 0 Å². The van der Waals surface area contributed by atoms with Crippen LogP contribution in [0.3, 0.4) is 0 Å². The molecule has 0 aliphatic carbocycles. The molecule has 1 amide bonds. The van der Waals surface area contributed by atoms with Gasteiger partial charge in [0.25, 0.3) is 5.91 Å². The van der Waals surface area contributed by atoms with Crippen molar-refractivity contribution in [2.24, 2.45) is 0 Å². The van der Waals surface area contributed by atoms with Gasteiger partial charge in [0.1, 0.15) is 5.60 Å². The molecule has 0 fully saturated rings. The molecule has 0 radical (unpaired) electrons. The van der Waals surface area contributed by atoms with Crippen LogP contribution in [-0.2, 0) is 4.74 Å². The minimum Gasteiger partial charge on any atom is -0.456 e. The van der Waals surface area contributed by atoms with Crippen LogP contribution in [0.1, 0.15) is 41.5 Å². The zero-order valence-electron chi connectivity index (χ0n) is 16.9. The van der Waals surface area contributed by atoms with Gasteiger partial charge in [-0.25, -0.2) is 4.79 Å². The highest BCUT2D eigenvalue weighted by Crippen LogP contribution is 2.23. The van der Waals surface area contributed by atoms with E-state index in [0.29, 0.717) is 27.7 Å². The minimum absolute atomic E-state index is 0.283. The molecule has 30 heavy (non-hydrogen) atoms. The summed E-state index contributed by atoms with van der Waals surface area (Å²) < 4.78 is 5.41. The number of anilines is 2. The second-order valence-electron chi connectivity index (χ2n) is 7.71. The van der Waals surface area contributed by atoms with E-state index in [4.69, 9.17) is 22.1 Å². The Kier molecular flexibility index (Phi) is 6.08. The molecule has 2 aromatic carbocycles. The topological polar surface area (TPSA) is 94.3 Å². The van der Waals surface area contributed by atoms with Gasteiger partial charge >= 0.3 is 5.97 Å². The summed E-state index contributed by atoms with van der Waals surface area (Å²) in [5.74, 6) is -0.777. The molecule has 0 unspecified atom stereocenters. The first-order chi connectivity index (χ1) is 14.1. The molecule has 0 aliphatic heterocycles. The largest absolute Gasteiger partial charge is 0.456 e. The molecule has 1 heterocycles. The van der Waals surface area contributed by atoms with Gasteiger partial charge in [-0.2, -0.15) is 0 Å². The molecular formula is C23H22ClN3O3. The summed E-state index contributed by atoms with van der Waals surface area (Å²) in [4.78, 5) is 29.1. The predicted molar refractivity (Wildman–Crippen MR) is 119 cm³/mol. The molecular weight excluding hydrogens is 402 g/mol. The molecule has 3 aromatic rings. The van der Waals surface area contributed by atoms with Crippen LogP contribution in [0, 0.1) is 0 Å². The molecule has 3 N–H and O–H groups in total. The fourth-order valence-electron chi connectivity index (χ4n) is 2.70. The van der Waals surface area contributed by atoms with E-state index in [9.17, 15) is 9.59 Å². The average molecular weight is 424 g/mol.